The van der Waals surface area contributed by atoms with Crippen molar-refractivity contribution in [1.29, 1.82) is 0 Å². The summed E-state index contributed by atoms with van der Waals surface area (Å²) in [6, 6.07) is 6.48. The topological polar surface area (TPSA) is 51.4 Å². The van der Waals surface area contributed by atoms with Gasteiger partial charge in [0.1, 0.15) is 0 Å². The number of benzene rings is 1. The summed E-state index contributed by atoms with van der Waals surface area (Å²) >= 11 is 0. The Balaban J connectivity index is 1.81. The molecule has 4 nitrogen and oxygen atoms in total. The number of morpholine rings is 1. The highest BCUT2D eigenvalue weighted by Gasteiger charge is 2.18. The number of aryl methyl sites for hydroxylation is 1. The lowest BCUT2D eigenvalue weighted by Gasteiger charge is -2.29. The maximum absolute atomic E-state index is 6.45. The minimum atomic E-state index is 0.802. The Bertz CT molecular complexity index is 677. The first-order chi connectivity index (χ1) is 10.3. The summed E-state index contributed by atoms with van der Waals surface area (Å²) in [5.74, 6) is 0. The molecule has 21 heavy (non-hydrogen) atoms. The molecule has 0 saturated carbocycles. The van der Waals surface area contributed by atoms with Crippen molar-refractivity contribution in [2.24, 2.45) is 0 Å². The third-order valence-electron chi connectivity index (χ3n) is 4.67. The van der Waals surface area contributed by atoms with E-state index < -0.39 is 0 Å². The van der Waals surface area contributed by atoms with Gasteiger partial charge in [0.15, 0.2) is 0 Å². The SMILES string of the molecule is Nc1c2c(nc3ccc(N4CCOCC4)cc13)CCCC2. The van der Waals surface area contributed by atoms with Gasteiger partial charge in [-0.05, 0) is 49.4 Å². The summed E-state index contributed by atoms with van der Waals surface area (Å²) in [6.45, 7) is 3.50. The average molecular weight is 283 g/mol. The Morgan fingerprint density at radius 2 is 1.90 bits per heavy atom. The van der Waals surface area contributed by atoms with Crippen molar-refractivity contribution in [2.45, 2.75) is 25.7 Å². The van der Waals surface area contributed by atoms with Gasteiger partial charge in [-0.25, -0.2) is 0 Å². The summed E-state index contributed by atoms with van der Waals surface area (Å²) in [7, 11) is 0. The van der Waals surface area contributed by atoms with Gasteiger partial charge in [-0.15, -0.1) is 0 Å². The van der Waals surface area contributed by atoms with Gasteiger partial charge in [-0.2, -0.15) is 0 Å². The number of ether oxygens (including phenoxy) is 1. The van der Waals surface area contributed by atoms with Crippen LogP contribution in [0.5, 0.6) is 0 Å². The van der Waals surface area contributed by atoms with Gasteiger partial charge < -0.3 is 15.4 Å². The van der Waals surface area contributed by atoms with Crippen LogP contribution in [0, 0.1) is 0 Å². The molecule has 0 amide bonds. The van der Waals surface area contributed by atoms with Gasteiger partial charge >= 0.3 is 0 Å². The van der Waals surface area contributed by atoms with Crippen LogP contribution in [-0.2, 0) is 17.6 Å². The lowest BCUT2D eigenvalue weighted by atomic mass is 9.93. The third kappa shape index (κ3) is 2.23. The number of anilines is 2. The minimum absolute atomic E-state index is 0.802. The number of hydrogen-bond acceptors (Lipinski definition) is 4. The van der Waals surface area contributed by atoms with E-state index in [2.05, 4.69) is 23.1 Å². The molecule has 1 aliphatic heterocycles. The van der Waals surface area contributed by atoms with E-state index in [4.69, 9.17) is 15.5 Å². The zero-order valence-electron chi connectivity index (χ0n) is 12.3. The molecule has 2 aliphatic rings. The summed E-state index contributed by atoms with van der Waals surface area (Å²) in [5.41, 5.74) is 12.2. The van der Waals surface area contributed by atoms with Crippen LogP contribution in [0.1, 0.15) is 24.1 Å². The van der Waals surface area contributed by atoms with Gasteiger partial charge in [0.2, 0.25) is 0 Å². The van der Waals surface area contributed by atoms with Crippen LogP contribution in [0.4, 0.5) is 11.4 Å². The molecule has 4 rings (SSSR count). The molecule has 1 aromatic carbocycles. The molecule has 0 spiro atoms. The Morgan fingerprint density at radius 3 is 2.76 bits per heavy atom. The van der Waals surface area contributed by atoms with E-state index in [-0.39, 0.29) is 0 Å². The van der Waals surface area contributed by atoms with Gasteiger partial charge in [0.25, 0.3) is 0 Å². The molecule has 2 heterocycles. The van der Waals surface area contributed by atoms with E-state index in [9.17, 15) is 0 Å². The van der Waals surface area contributed by atoms with Gasteiger partial charge in [0.05, 0.1) is 18.7 Å². The second-order valence-corrected chi connectivity index (χ2v) is 5.96. The van der Waals surface area contributed by atoms with Gasteiger partial charge in [0, 0.05) is 35.5 Å². The van der Waals surface area contributed by atoms with Crippen LogP contribution in [-0.4, -0.2) is 31.3 Å². The number of nitrogens with zero attached hydrogens (tertiary/aromatic N) is 2. The van der Waals surface area contributed by atoms with E-state index in [0.717, 1.165) is 55.7 Å². The van der Waals surface area contributed by atoms with E-state index in [1.807, 2.05) is 0 Å². The van der Waals surface area contributed by atoms with Crippen molar-refractivity contribution in [3.63, 3.8) is 0 Å². The summed E-state index contributed by atoms with van der Waals surface area (Å²) in [4.78, 5) is 7.20. The van der Waals surface area contributed by atoms with E-state index in [1.54, 1.807) is 0 Å². The number of pyridine rings is 1. The number of rotatable bonds is 1. The number of nitrogen functional groups attached to an aromatic ring is 1. The molecule has 0 bridgehead atoms. The molecule has 110 valence electrons. The van der Waals surface area contributed by atoms with Crippen LogP contribution in [0.15, 0.2) is 18.2 Å². The van der Waals surface area contributed by atoms with Crippen LogP contribution >= 0.6 is 0 Å². The normalized spacial score (nSPS) is 18.8. The van der Waals surface area contributed by atoms with Gasteiger partial charge in [-0.3, -0.25) is 4.98 Å². The summed E-state index contributed by atoms with van der Waals surface area (Å²) in [6.07, 6.45) is 4.61. The highest BCUT2D eigenvalue weighted by atomic mass is 16.5. The molecular formula is C17H21N3O. The van der Waals surface area contributed by atoms with E-state index in [1.165, 1.54) is 29.8 Å². The maximum Gasteiger partial charge on any atom is 0.0727 e. The predicted octanol–water partition coefficient (Wildman–Crippen LogP) is 2.53. The number of nitrogens with two attached hydrogens (primary N) is 1. The molecule has 1 saturated heterocycles. The zero-order valence-corrected chi connectivity index (χ0v) is 12.3. The fourth-order valence-corrected chi connectivity index (χ4v) is 3.47. The smallest absolute Gasteiger partial charge is 0.0727 e. The van der Waals surface area contributed by atoms with Crippen molar-refractivity contribution in [3.05, 3.63) is 29.5 Å². The van der Waals surface area contributed by atoms with Gasteiger partial charge in [-0.1, -0.05) is 0 Å². The van der Waals surface area contributed by atoms with Crippen molar-refractivity contribution >= 4 is 22.3 Å². The summed E-state index contributed by atoms with van der Waals surface area (Å²) in [5, 5.41) is 1.11. The number of hydrogen-bond donors (Lipinski definition) is 1. The minimum Gasteiger partial charge on any atom is -0.398 e. The first-order valence-electron chi connectivity index (χ1n) is 7.86. The van der Waals surface area contributed by atoms with E-state index >= 15 is 0 Å². The molecule has 2 N–H and O–H groups in total. The second-order valence-electron chi connectivity index (χ2n) is 5.96. The molecule has 2 aromatic rings. The van der Waals surface area contributed by atoms with Crippen molar-refractivity contribution in [2.75, 3.05) is 36.9 Å². The Labute approximate surface area is 124 Å². The maximum atomic E-state index is 6.45. The highest BCUT2D eigenvalue weighted by Crippen LogP contribution is 2.33. The monoisotopic (exact) mass is 283 g/mol. The van der Waals surface area contributed by atoms with Crippen molar-refractivity contribution in [3.8, 4) is 0 Å². The molecule has 1 fully saturated rings. The van der Waals surface area contributed by atoms with Crippen LogP contribution < -0.4 is 10.6 Å². The Kier molecular flexibility index (Phi) is 3.19. The average Bonchev–Trinajstić information content (AvgIpc) is 2.56. The van der Waals surface area contributed by atoms with Crippen molar-refractivity contribution in [1.82, 2.24) is 4.98 Å². The molecule has 4 heteroatoms. The third-order valence-corrected chi connectivity index (χ3v) is 4.67. The zero-order chi connectivity index (χ0) is 14.2. The molecule has 1 aliphatic carbocycles. The number of fused-ring (bicyclic) bond motifs is 2. The highest BCUT2D eigenvalue weighted by molar-refractivity contribution is 5.94. The largest absolute Gasteiger partial charge is 0.398 e. The van der Waals surface area contributed by atoms with Crippen LogP contribution in [0.25, 0.3) is 10.9 Å². The fourth-order valence-electron chi connectivity index (χ4n) is 3.47. The quantitative estimate of drug-likeness (QED) is 0.874. The molecule has 1 aromatic heterocycles. The molecule has 0 radical (unpaired) electrons. The molecule has 0 atom stereocenters. The first kappa shape index (κ1) is 12.9. The Morgan fingerprint density at radius 1 is 1.10 bits per heavy atom. The summed E-state index contributed by atoms with van der Waals surface area (Å²) < 4.78 is 5.43. The predicted molar refractivity (Wildman–Crippen MR) is 85.8 cm³/mol. The van der Waals surface area contributed by atoms with Crippen molar-refractivity contribution < 1.29 is 4.74 Å². The Hall–Kier alpha value is -1.81. The molecular weight excluding hydrogens is 262 g/mol. The van der Waals surface area contributed by atoms with Crippen LogP contribution in [0.3, 0.4) is 0 Å². The van der Waals surface area contributed by atoms with E-state index in [0.29, 0.717) is 0 Å². The van der Waals surface area contributed by atoms with Crippen LogP contribution in [0.2, 0.25) is 0 Å². The standard InChI is InChI=1S/C17H21N3O/c18-17-13-3-1-2-4-15(13)19-16-6-5-12(11-14(16)17)20-7-9-21-10-8-20/h5-6,11H,1-4,7-10H2,(H2,18,19). The second kappa shape index (κ2) is 5.19. The fraction of sp³-hybridized carbons (Fsp3) is 0.471. The first-order valence-corrected chi connectivity index (χ1v) is 7.86. The molecule has 0 unspecified atom stereocenters. The number of aromatic nitrogens is 1. The lowest BCUT2D eigenvalue weighted by molar-refractivity contribution is 0.122. The lowest BCUT2D eigenvalue weighted by Crippen LogP contribution is -2.36.